The zero-order chi connectivity index (χ0) is 14.4. The van der Waals surface area contributed by atoms with Crippen molar-refractivity contribution in [3.05, 3.63) is 45.9 Å². The van der Waals surface area contributed by atoms with Gasteiger partial charge in [0.05, 0.1) is 29.4 Å². The molecule has 0 aliphatic heterocycles. The molecule has 20 heavy (non-hydrogen) atoms. The van der Waals surface area contributed by atoms with Crippen molar-refractivity contribution in [1.29, 1.82) is 0 Å². The molecule has 2 aromatic heterocycles. The third-order valence-corrected chi connectivity index (χ3v) is 3.46. The maximum absolute atomic E-state index is 12.1. The molecule has 0 aliphatic carbocycles. The highest BCUT2D eigenvalue weighted by atomic mass is 32.1. The minimum atomic E-state index is -0.0827. The maximum atomic E-state index is 12.1. The Morgan fingerprint density at radius 1 is 1.50 bits per heavy atom. The topological polar surface area (TPSA) is 72.1 Å². The van der Waals surface area contributed by atoms with E-state index in [4.69, 9.17) is 5.73 Å². The SMILES string of the molecule is CN(Cc1csc(C#CCN)c1)C(=O)c1ccnnc1. The first-order valence-corrected chi connectivity index (χ1v) is 6.87. The summed E-state index contributed by atoms with van der Waals surface area (Å²) in [5.74, 6) is 5.71. The molecule has 0 aromatic carbocycles. The van der Waals surface area contributed by atoms with Gasteiger partial charge in [0.25, 0.3) is 5.91 Å². The van der Waals surface area contributed by atoms with Crippen LogP contribution in [0.5, 0.6) is 0 Å². The molecule has 0 saturated carbocycles. The number of amides is 1. The van der Waals surface area contributed by atoms with E-state index in [1.807, 2.05) is 11.4 Å². The molecule has 0 atom stereocenters. The van der Waals surface area contributed by atoms with E-state index in [1.54, 1.807) is 29.4 Å². The van der Waals surface area contributed by atoms with Crippen LogP contribution >= 0.6 is 11.3 Å². The Morgan fingerprint density at radius 2 is 2.35 bits per heavy atom. The summed E-state index contributed by atoms with van der Waals surface area (Å²) in [7, 11) is 1.76. The molecule has 0 fully saturated rings. The molecule has 0 bridgehead atoms. The van der Waals surface area contributed by atoms with Crippen molar-refractivity contribution in [3.8, 4) is 11.8 Å². The average molecular weight is 286 g/mol. The monoisotopic (exact) mass is 286 g/mol. The molecule has 2 aromatic rings. The number of aromatic nitrogens is 2. The first-order valence-electron chi connectivity index (χ1n) is 5.99. The van der Waals surface area contributed by atoms with Crippen molar-refractivity contribution >= 4 is 17.2 Å². The van der Waals surface area contributed by atoms with Crippen LogP contribution in [-0.2, 0) is 6.54 Å². The zero-order valence-corrected chi connectivity index (χ0v) is 11.9. The average Bonchev–Trinajstić information content (AvgIpc) is 2.92. The fourth-order valence-electron chi connectivity index (χ4n) is 1.65. The number of hydrogen-bond acceptors (Lipinski definition) is 5. The molecule has 0 unspecified atom stereocenters. The van der Waals surface area contributed by atoms with Crippen molar-refractivity contribution < 1.29 is 4.79 Å². The molecule has 5 nitrogen and oxygen atoms in total. The second kappa shape index (κ2) is 6.80. The molecular formula is C14H14N4OS. The normalized spacial score (nSPS) is 9.70. The van der Waals surface area contributed by atoms with Gasteiger partial charge in [0.15, 0.2) is 0 Å². The summed E-state index contributed by atoms with van der Waals surface area (Å²) in [5.41, 5.74) is 6.91. The zero-order valence-electron chi connectivity index (χ0n) is 11.0. The van der Waals surface area contributed by atoms with Crippen molar-refractivity contribution in [2.75, 3.05) is 13.6 Å². The Hall–Kier alpha value is -2.23. The smallest absolute Gasteiger partial charge is 0.255 e. The van der Waals surface area contributed by atoms with Gasteiger partial charge < -0.3 is 10.6 Å². The molecule has 0 aliphatic rings. The predicted molar refractivity (Wildman–Crippen MR) is 78.1 cm³/mol. The van der Waals surface area contributed by atoms with Crippen LogP contribution in [0.4, 0.5) is 0 Å². The number of nitrogens with two attached hydrogens (primary N) is 1. The summed E-state index contributed by atoms with van der Waals surface area (Å²) >= 11 is 1.55. The third-order valence-electron chi connectivity index (χ3n) is 2.57. The second-order valence-electron chi connectivity index (χ2n) is 4.12. The first-order chi connectivity index (χ1) is 9.70. The second-order valence-corrected chi connectivity index (χ2v) is 5.03. The third kappa shape index (κ3) is 3.63. The van der Waals surface area contributed by atoms with E-state index in [0.717, 1.165) is 10.4 Å². The van der Waals surface area contributed by atoms with E-state index in [-0.39, 0.29) is 5.91 Å². The number of carbonyl (C=O) groups is 1. The minimum Gasteiger partial charge on any atom is -0.337 e. The van der Waals surface area contributed by atoms with Gasteiger partial charge in [0.1, 0.15) is 0 Å². The van der Waals surface area contributed by atoms with Crippen LogP contribution in [0.3, 0.4) is 0 Å². The molecule has 2 rings (SSSR count). The fraction of sp³-hybridized carbons (Fsp3) is 0.214. The van der Waals surface area contributed by atoms with Crippen LogP contribution in [-0.4, -0.2) is 34.6 Å². The van der Waals surface area contributed by atoms with E-state index in [1.165, 1.54) is 12.4 Å². The predicted octanol–water partition coefficient (Wildman–Crippen LogP) is 1.12. The molecule has 2 N–H and O–H groups in total. The summed E-state index contributed by atoms with van der Waals surface area (Å²) in [6, 6.07) is 3.62. The summed E-state index contributed by atoms with van der Waals surface area (Å²) in [6.07, 6.45) is 2.97. The number of carbonyl (C=O) groups excluding carboxylic acids is 1. The molecule has 6 heteroatoms. The summed E-state index contributed by atoms with van der Waals surface area (Å²) in [4.78, 5) is 14.7. The van der Waals surface area contributed by atoms with Crippen molar-refractivity contribution in [3.63, 3.8) is 0 Å². The Balaban J connectivity index is 2.02. The minimum absolute atomic E-state index is 0.0827. The van der Waals surface area contributed by atoms with Crippen molar-refractivity contribution in [2.24, 2.45) is 5.73 Å². The van der Waals surface area contributed by atoms with Gasteiger partial charge >= 0.3 is 0 Å². The van der Waals surface area contributed by atoms with E-state index in [0.29, 0.717) is 18.7 Å². The number of rotatable bonds is 3. The standard InChI is InChI=1S/C14H14N4OS/c1-18(14(19)12-4-6-16-17-8-12)9-11-7-13(20-10-11)3-2-5-15/h4,6-8,10H,5,9,15H2,1H3. The number of hydrogen-bond donors (Lipinski definition) is 1. The molecular weight excluding hydrogens is 272 g/mol. The highest BCUT2D eigenvalue weighted by Gasteiger charge is 2.12. The van der Waals surface area contributed by atoms with E-state index < -0.39 is 0 Å². The number of nitrogens with zero attached hydrogens (tertiary/aromatic N) is 3. The highest BCUT2D eigenvalue weighted by molar-refractivity contribution is 7.10. The lowest BCUT2D eigenvalue weighted by Crippen LogP contribution is -2.26. The molecule has 102 valence electrons. The quantitative estimate of drug-likeness (QED) is 0.858. The fourth-order valence-corrected chi connectivity index (χ4v) is 2.42. The Labute approximate surface area is 121 Å². The molecule has 1 amide bonds. The van der Waals surface area contributed by atoms with Crippen LogP contribution in [0.1, 0.15) is 20.8 Å². The van der Waals surface area contributed by atoms with Crippen molar-refractivity contribution in [1.82, 2.24) is 15.1 Å². The lowest BCUT2D eigenvalue weighted by atomic mass is 10.2. The maximum Gasteiger partial charge on any atom is 0.255 e. The van der Waals surface area contributed by atoms with Gasteiger partial charge in [-0.15, -0.1) is 11.3 Å². The van der Waals surface area contributed by atoms with Gasteiger partial charge in [-0.3, -0.25) is 4.79 Å². The highest BCUT2D eigenvalue weighted by Crippen LogP contribution is 2.15. The lowest BCUT2D eigenvalue weighted by Gasteiger charge is -2.15. The van der Waals surface area contributed by atoms with Gasteiger partial charge in [0, 0.05) is 13.6 Å². The summed E-state index contributed by atoms with van der Waals surface area (Å²) in [6.45, 7) is 0.878. The Kier molecular flexibility index (Phi) is 4.82. The molecule has 0 spiro atoms. The van der Waals surface area contributed by atoms with Gasteiger partial charge in [-0.2, -0.15) is 10.2 Å². The Bertz CT molecular complexity index is 642. The summed E-state index contributed by atoms with van der Waals surface area (Å²) in [5, 5.41) is 9.36. The molecule has 0 saturated heterocycles. The largest absolute Gasteiger partial charge is 0.337 e. The van der Waals surface area contributed by atoms with E-state index in [2.05, 4.69) is 22.0 Å². The van der Waals surface area contributed by atoms with Crippen LogP contribution in [0, 0.1) is 11.8 Å². The lowest BCUT2D eigenvalue weighted by molar-refractivity contribution is 0.0784. The van der Waals surface area contributed by atoms with Gasteiger partial charge in [0.2, 0.25) is 0 Å². The van der Waals surface area contributed by atoms with Crippen LogP contribution in [0.2, 0.25) is 0 Å². The van der Waals surface area contributed by atoms with Crippen molar-refractivity contribution in [2.45, 2.75) is 6.54 Å². The van der Waals surface area contributed by atoms with Gasteiger partial charge in [-0.1, -0.05) is 11.8 Å². The number of thiophene rings is 1. The van der Waals surface area contributed by atoms with E-state index >= 15 is 0 Å². The van der Waals surface area contributed by atoms with Crippen LogP contribution in [0.25, 0.3) is 0 Å². The van der Waals surface area contributed by atoms with Crippen LogP contribution < -0.4 is 5.73 Å². The van der Waals surface area contributed by atoms with Crippen LogP contribution in [0.15, 0.2) is 29.9 Å². The summed E-state index contributed by atoms with van der Waals surface area (Å²) < 4.78 is 0. The first kappa shape index (κ1) is 14.2. The van der Waals surface area contributed by atoms with Gasteiger partial charge in [-0.05, 0) is 23.1 Å². The van der Waals surface area contributed by atoms with Gasteiger partial charge in [-0.25, -0.2) is 0 Å². The van der Waals surface area contributed by atoms with E-state index in [9.17, 15) is 4.79 Å². The molecule has 0 radical (unpaired) electrons. The molecule has 2 heterocycles. The Morgan fingerprint density at radius 3 is 3.05 bits per heavy atom.